The zero-order valence-corrected chi connectivity index (χ0v) is 11.3. The van der Waals surface area contributed by atoms with Crippen molar-refractivity contribution in [2.45, 2.75) is 20.0 Å². The average molecular weight is 264 g/mol. The summed E-state index contributed by atoms with van der Waals surface area (Å²) in [7, 11) is 0. The maximum Gasteiger partial charge on any atom is 0.295 e. The third kappa shape index (κ3) is 4.22. The van der Waals surface area contributed by atoms with E-state index in [4.69, 9.17) is 9.15 Å². The number of para-hydroxylation sites is 2. The van der Waals surface area contributed by atoms with E-state index >= 15 is 0 Å². The molecule has 0 spiro atoms. The predicted octanol–water partition coefficient (Wildman–Crippen LogP) is 2.27. The summed E-state index contributed by atoms with van der Waals surface area (Å²) in [6.45, 7) is 5.46. The summed E-state index contributed by atoms with van der Waals surface area (Å²) in [6.07, 6.45) is -0.575. The van der Waals surface area contributed by atoms with Gasteiger partial charge in [-0.3, -0.25) is 0 Å². The molecule has 19 heavy (non-hydrogen) atoms. The minimum atomic E-state index is -0.575. The third-order valence-corrected chi connectivity index (χ3v) is 2.54. The van der Waals surface area contributed by atoms with Crippen LogP contribution in [0, 0.1) is 5.92 Å². The second-order valence-electron chi connectivity index (χ2n) is 4.95. The van der Waals surface area contributed by atoms with E-state index in [0.717, 1.165) is 11.1 Å². The minimum absolute atomic E-state index is 0.311. The molecule has 0 aliphatic rings. The quantitative estimate of drug-likeness (QED) is 0.803. The SMILES string of the molecule is CC(C)COC[C@H](O)CNc1nc2ccccc2o1. The number of rotatable bonds is 7. The Labute approximate surface area is 112 Å². The number of benzene rings is 1. The molecule has 1 atom stereocenters. The fourth-order valence-electron chi connectivity index (χ4n) is 1.65. The molecule has 2 N–H and O–H groups in total. The topological polar surface area (TPSA) is 67.5 Å². The van der Waals surface area contributed by atoms with Crippen LogP contribution in [0.4, 0.5) is 6.01 Å². The minimum Gasteiger partial charge on any atom is -0.424 e. The van der Waals surface area contributed by atoms with E-state index in [9.17, 15) is 5.11 Å². The number of nitrogens with one attached hydrogen (secondary N) is 1. The maximum atomic E-state index is 9.74. The molecule has 1 aromatic carbocycles. The second kappa shape index (κ2) is 6.54. The van der Waals surface area contributed by atoms with Crippen molar-refractivity contribution in [3.8, 4) is 0 Å². The number of aliphatic hydroxyl groups is 1. The fourth-order valence-corrected chi connectivity index (χ4v) is 1.65. The molecule has 2 rings (SSSR count). The van der Waals surface area contributed by atoms with Crippen LogP contribution < -0.4 is 5.32 Å². The first-order valence-electron chi connectivity index (χ1n) is 6.50. The first-order chi connectivity index (χ1) is 9.15. The van der Waals surface area contributed by atoms with Crippen LogP contribution in [0.25, 0.3) is 11.1 Å². The van der Waals surface area contributed by atoms with Crippen LogP contribution in [-0.4, -0.2) is 36.0 Å². The summed E-state index contributed by atoms with van der Waals surface area (Å²) in [4.78, 5) is 4.26. The number of aliphatic hydroxyl groups excluding tert-OH is 1. The van der Waals surface area contributed by atoms with Gasteiger partial charge in [-0.15, -0.1) is 0 Å². The number of nitrogens with zero attached hydrogens (tertiary/aromatic N) is 1. The van der Waals surface area contributed by atoms with Crippen molar-refractivity contribution in [3.63, 3.8) is 0 Å². The fraction of sp³-hybridized carbons (Fsp3) is 0.500. The van der Waals surface area contributed by atoms with Gasteiger partial charge in [0.1, 0.15) is 5.52 Å². The summed E-state index contributed by atoms with van der Waals surface area (Å²) in [6, 6.07) is 7.96. The van der Waals surface area contributed by atoms with E-state index in [1.807, 2.05) is 24.3 Å². The number of aromatic nitrogens is 1. The van der Waals surface area contributed by atoms with Crippen molar-refractivity contribution in [3.05, 3.63) is 24.3 Å². The van der Waals surface area contributed by atoms with Crippen LogP contribution in [0.1, 0.15) is 13.8 Å². The van der Waals surface area contributed by atoms with Crippen LogP contribution in [0.5, 0.6) is 0 Å². The van der Waals surface area contributed by atoms with Crippen LogP contribution >= 0.6 is 0 Å². The second-order valence-corrected chi connectivity index (χ2v) is 4.95. The molecular formula is C14H20N2O3. The summed E-state index contributed by atoms with van der Waals surface area (Å²) in [5.41, 5.74) is 1.53. The average Bonchev–Trinajstić information content (AvgIpc) is 2.78. The van der Waals surface area contributed by atoms with Gasteiger partial charge in [-0.05, 0) is 18.1 Å². The van der Waals surface area contributed by atoms with E-state index in [0.29, 0.717) is 31.7 Å². The van der Waals surface area contributed by atoms with Gasteiger partial charge in [0, 0.05) is 13.2 Å². The Balaban J connectivity index is 1.78. The van der Waals surface area contributed by atoms with Crippen LogP contribution in [0.3, 0.4) is 0 Å². The van der Waals surface area contributed by atoms with E-state index in [-0.39, 0.29) is 0 Å². The standard InChI is InChI=1S/C14H20N2O3/c1-10(2)8-18-9-11(17)7-15-14-16-12-5-3-4-6-13(12)19-14/h3-6,10-11,17H,7-9H2,1-2H3,(H,15,16)/t11-/m1/s1. The Kier molecular flexibility index (Phi) is 4.76. The summed E-state index contributed by atoms with van der Waals surface area (Å²) in [5, 5.41) is 12.7. The Morgan fingerprint density at radius 3 is 2.84 bits per heavy atom. The Hall–Kier alpha value is -1.59. The molecule has 0 aliphatic carbocycles. The van der Waals surface area contributed by atoms with E-state index in [1.54, 1.807) is 0 Å². The molecule has 5 heteroatoms. The molecule has 0 fully saturated rings. The number of ether oxygens (including phenoxy) is 1. The third-order valence-electron chi connectivity index (χ3n) is 2.54. The first kappa shape index (κ1) is 13.8. The van der Waals surface area contributed by atoms with E-state index in [2.05, 4.69) is 24.1 Å². The number of anilines is 1. The van der Waals surface area contributed by atoms with Crippen molar-refractivity contribution in [2.75, 3.05) is 25.1 Å². The van der Waals surface area contributed by atoms with Gasteiger partial charge >= 0.3 is 0 Å². The Bertz CT molecular complexity index is 477. The lowest BCUT2D eigenvalue weighted by atomic mass is 10.2. The Morgan fingerprint density at radius 2 is 2.11 bits per heavy atom. The van der Waals surface area contributed by atoms with Gasteiger partial charge in [0.05, 0.1) is 12.7 Å². The molecule has 0 unspecified atom stereocenters. The molecule has 0 aliphatic heterocycles. The van der Waals surface area contributed by atoms with Crippen molar-refractivity contribution in [1.82, 2.24) is 4.98 Å². The van der Waals surface area contributed by atoms with Gasteiger partial charge in [-0.1, -0.05) is 26.0 Å². The lowest BCUT2D eigenvalue weighted by Gasteiger charge is -2.12. The molecule has 0 radical (unpaired) electrons. The van der Waals surface area contributed by atoms with Crippen molar-refractivity contribution >= 4 is 17.1 Å². The van der Waals surface area contributed by atoms with E-state index < -0.39 is 6.10 Å². The maximum absolute atomic E-state index is 9.74. The molecule has 0 bridgehead atoms. The zero-order valence-electron chi connectivity index (χ0n) is 11.3. The number of oxazole rings is 1. The Morgan fingerprint density at radius 1 is 1.32 bits per heavy atom. The largest absolute Gasteiger partial charge is 0.424 e. The normalized spacial score (nSPS) is 13.1. The molecule has 0 saturated carbocycles. The first-order valence-corrected chi connectivity index (χ1v) is 6.50. The van der Waals surface area contributed by atoms with Crippen LogP contribution in [-0.2, 0) is 4.74 Å². The van der Waals surface area contributed by atoms with E-state index in [1.165, 1.54) is 0 Å². The molecule has 1 heterocycles. The van der Waals surface area contributed by atoms with Crippen LogP contribution in [0.15, 0.2) is 28.7 Å². The number of hydrogen-bond acceptors (Lipinski definition) is 5. The molecule has 104 valence electrons. The van der Waals surface area contributed by atoms with Crippen molar-refractivity contribution in [1.29, 1.82) is 0 Å². The highest BCUT2D eigenvalue weighted by Crippen LogP contribution is 2.17. The van der Waals surface area contributed by atoms with Gasteiger partial charge in [0.25, 0.3) is 6.01 Å². The number of fused-ring (bicyclic) bond motifs is 1. The monoisotopic (exact) mass is 264 g/mol. The highest BCUT2D eigenvalue weighted by atomic mass is 16.5. The number of hydrogen-bond donors (Lipinski definition) is 2. The summed E-state index contributed by atoms with van der Waals surface area (Å²) < 4.78 is 10.9. The van der Waals surface area contributed by atoms with Gasteiger partial charge in [-0.25, -0.2) is 0 Å². The molecule has 5 nitrogen and oxygen atoms in total. The highest BCUT2D eigenvalue weighted by molar-refractivity contribution is 5.74. The molecule has 2 aromatic rings. The molecule has 0 amide bonds. The molecule has 1 aromatic heterocycles. The molecular weight excluding hydrogens is 244 g/mol. The summed E-state index contributed by atoms with van der Waals surface area (Å²) >= 11 is 0. The molecule has 0 saturated heterocycles. The highest BCUT2D eigenvalue weighted by Gasteiger charge is 2.08. The van der Waals surface area contributed by atoms with Crippen molar-refractivity contribution in [2.24, 2.45) is 5.92 Å². The smallest absolute Gasteiger partial charge is 0.295 e. The van der Waals surface area contributed by atoms with Crippen LogP contribution in [0.2, 0.25) is 0 Å². The predicted molar refractivity (Wildman–Crippen MR) is 74.2 cm³/mol. The zero-order chi connectivity index (χ0) is 13.7. The lowest BCUT2D eigenvalue weighted by Crippen LogP contribution is -2.25. The van der Waals surface area contributed by atoms with Gasteiger partial charge in [-0.2, -0.15) is 4.98 Å². The van der Waals surface area contributed by atoms with Gasteiger partial charge < -0.3 is 19.6 Å². The van der Waals surface area contributed by atoms with Gasteiger partial charge in [0.15, 0.2) is 5.58 Å². The van der Waals surface area contributed by atoms with Gasteiger partial charge in [0.2, 0.25) is 0 Å². The lowest BCUT2D eigenvalue weighted by molar-refractivity contribution is 0.0316. The summed E-state index contributed by atoms with van der Waals surface area (Å²) in [5.74, 6) is 0.470. The van der Waals surface area contributed by atoms with Crippen molar-refractivity contribution < 1.29 is 14.3 Å².